The second kappa shape index (κ2) is 11.2. The number of carbonyl (C=O) groups is 1. The Bertz CT molecular complexity index is 660. The largest absolute Gasteiger partial charge is 0.357 e. The molecule has 1 heterocycles. The van der Waals surface area contributed by atoms with Crippen LogP contribution in [0.25, 0.3) is 0 Å². The third-order valence-corrected chi connectivity index (χ3v) is 5.41. The lowest BCUT2D eigenvalue weighted by molar-refractivity contribution is -0.118. The molecule has 3 N–H and O–H groups in total. The van der Waals surface area contributed by atoms with E-state index in [0.717, 1.165) is 30.3 Å². The summed E-state index contributed by atoms with van der Waals surface area (Å²) in [5.41, 5.74) is 2.04. The third-order valence-electron chi connectivity index (χ3n) is 5.41. The molecule has 6 nitrogen and oxygen atoms in total. The number of amides is 1. The summed E-state index contributed by atoms with van der Waals surface area (Å²) in [5.74, 6) is 0.850. The molecule has 0 spiro atoms. The van der Waals surface area contributed by atoms with Crippen LogP contribution in [0.5, 0.6) is 0 Å². The minimum Gasteiger partial charge on any atom is -0.357 e. The monoisotopic (exact) mass is 401 g/mol. The van der Waals surface area contributed by atoms with E-state index in [1.807, 2.05) is 38.1 Å². The average molecular weight is 402 g/mol. The predicted molar refractivity (Wildman–Crippen MR) is 122 cm³/mol. The number of carbonyl (C=O) groups excluding carboxylic acids is 1. The molecule has 6 heteroatoms. The van der Waals surface area contributed by atoms with Crippen LogP contribution in [0.1, 0.15) is 59.4 Å². The Morgan fingerprint density at radius 1 is 1.10 bits per heavy atom. The van der Waals surface area contributed by atoms with E-state index in [1.165, 1.54) is 32.4 Å². The normalized spacial score (nSPS) is 16.0. The Kier molecular flexibility index (Phi) is 8.96. The molecule has 1 aromatic rings. The number of guanidine groups is 1. The predicted octanol–water partition coefficient (Wildman–Crippen LogP) is 3.60. The van der Waals surface area contributed by atoms with Crippen LogP contribution in [-0.4, -0.2) is 48.5 Å². The maximum atomic E-state index is 11.8. The Balaban J connectivity index is 1.91. The second-order valence-corrected chi connectivity index (χ2v) is 8.75. The van der Waals surface area contributed by atoms with Gasteiger partial charge in [0.1, 0.15) is 0 Å². The van der Waals surface area contributed by atoms with Gasteiger partial charge in [0.25, 0.3) is 0 Å². The molecule has 0 atom stereocenters. The fourth-order valence-corrected chi connectivity index (χ4v) is 3.40. The molecule has 1 aliphatic heterocycles. The highest BCUT2D eigenvalue weighted by Gasteiger charge is 2.27. The maximum absolute atomic E-state index is 11.8. The highest BCUT2D eigenvalue weighted by molar-refractivity contribution is 5.92. The van der Waals surface area contributed by atoms with E-state index in [-0.39, 0.29) is 17.4 Å². The van der Waals surface area contributed by atoms with E-state index in [9.17, 15) is 4.79 Å². The van der Waals surface area contributed by atoms with E-state index >= 15 is 0 Å². The molecular formula is C23H39N5O. The van der Waals surface area contributed by atoms with Crippen LogP contribution >= 0.6 is 0 Å². The van der Waals surface area contributed by atoms with E-state index in [2.05, 4.69) is 41.6 Å². The molecule has 0 aliphatic carbocycles. The number of hydrogen-bond donors (Lipinski definition) is 3. The minimum absolute atomic E-state index is 0.0257. The Hall–Kier alpha value is -2.08. The van der Waals surface area contributed by atoms with Gasteiger partial charge in [0, 0.05) is 30.2 Å². The van der Waals surface area contributed by atoms with Gasteiger partial charge < -0.3 is 16.0 Å². The van der Waals surface area contributed by atoms with Crippen molar-refractivity contribution in [1.29, 1.82) is 0 Å². The van der Waals surface area contributed by atoms with Gasteiger partial charge in [-0.15, -0.1) is 0 Å². The van der Waals surface area contributed by atoms with Gasteiger partial charge in [-0.2, -0.15) is 0 Å². The first-order valence-electron chi connectivity index (χ1n) is 11.0. The highest BCUT2D eigenvalue weighted by atomic mass is 16.1. The zero-order valence-corrected chi connectivity index (χ0v) is 18.8. The smallest absolute Gasteiger partial charge is 0.226 e. The molecule has 1 saturated heterocycles. The van der Waals surface area contributed by atoms with Gasteiger partial charge in [0.15, 0.2) is 5.96 Å². The minimum atomic E-state index is -0.0257. The number of aliphatic imine (C=N–C) groups is 1. The lowest BCUT2D eigenvalue weighted by atomic mass is 9.98. The zero-order valence-electron chi connectivity index (χ0n) is 18.8. The number of piperidine rings is 1. The van der Waals surface area contributed by atoms with Crippen molar-refractivity contribution in [2.24, 2.45) is 10.9 Å². The van der Waals surface area contributed by atoms with Gasteiger partial charge in [-0.1, -0.05) is 32.4 Å². The summed E-state index contributed by atoms with van der Waals surface area (Å²) >= 11 is 0. The van der Waals surface area contributed by atoms with Crippen molar-refractivity contribution in [3.8, 4) is 0 Å². The topological polar surface area (TPSA) is 68.8 Å². The first kappa shape index (κ1) is 23.2. The summed E-state index contributed by atoms with van der Waals surface area (Å²) in [6.45, 7) is 15.1. The van der Waals surface area contributed by atoms with E-state index in [1.54, 1.807) is 0 Å². The molecule has 1 amide bonds. The molecule has 29 heavy (non-hydrogen) atoms. The van der Waals surface area contributed by atoms with E-state index in [4.69, 9.17) is 4.99 Å². The highest BCUT2D eigenvalue weighted by Crippen LogP contribution is 2.19. The molecule has 0 aromatic heterocycles. The summed E-state index contributed by atoms with van der Waals surface area (Å²) in [6.07, 6.45) is 3.94. The Labute approximate surface area is 176 Å². The first-order valence-corrected chi connectivity index (χ1v) is 11.0. The number of rotatable bonds is 8. The number of nitrogens with zero attached hydrogens (tertiary/aromatic N) is 2. The van der Waals surface area contributed by atoms with Crippen LogP contribution in [0.4, 0.5) is 5.69 Å². The number of benzene rings is 1. The summed E-state index contributed by atoms with van der Waals surface area (Å²) in [6, 6.07) is 7.90. The molecule has 2 rings (SSSR count). The molecule has 0 radical (unpaired) electrons. The van der Waals surface area contributed by atoms with Gasteiger partial charge >= 0.3 is 0 Å². The van der Waals surface area contributed by atoms with Crippen molar-refractivity contribution in [3.05, 3.63) is 29.8 Å². The van der Waals surface area contributed by atoms with Crippen molar-refractivity contribution in [1.82, 2.24) is 15.5 Å². The van der Waals surface area contributed by atoms with Crippen molar-refractivity contribution in [2.75, 3.05) is 31.5 Å². The van der Waals surface area contributed by atoms with E-state index in [0.29, 0.717) is 6.54 Å². The number of likely N-dealkylation sites (tertiary alicyclic amines) is 1. The summed E-state index contributed by atoms with van der Waals surface area (Å²) < 4.78 is 0. The van der Waals surface area contributed by atoms with Gasteiger partial charge in [-0.3, -0.25) is 9.69 Å². The van der Waals surface area contributed by atoms with Crippen molar-refractivity contribution in [2.45, 2.75) is 66.0 Å². The molecule has 0 bridgehead atoms. The maximum Gasteiger partial charge on any atom is 0.226 e. The first-order chi connectivity index (χ1) is 13.8. The third kappa shape index (κ3) is 7.69. The second-order valence-electron chi connectivity index (χ2n) is 8.75. The van der Waals surface area contributed by atoms with Crippen LogP contribution < -0.4 is 16.0 Å². The fraction of sp³-hybridized carbons (Fsp3) is 0.652. The van der Waals surface area contributed by atoms with Crippen LogP contribution in [0.15, 0.2) is 29.3 Å². The van der Waals surface area contributed by atoms with Crippen molar-refractivity contribution >= 4 is 17.6 Å². The van der Waals surface area contributed by atoms with Gasteiger partial charge in [0.2, 0.25) is 5.91 Å². The van der Waals surface area contributed by atoms with Gasteiger partial charge in [-0.05, 0) is 64.4 Å². The summed E-state index contributed by atoms with van der Waals surface area (Å²) in [7, 11) is 0. The Morgan fingerprint density at radius 3 is 2.34 bits per heavy atom. The van der Waals surface area contributed by atoms with Gasteiger partial charge in [0.05, 0.1) is 6.54 Å². The molecule has 162 valence electrons. The average Bonchev–Trinajstić information content (AvgIpc) is 2.71. The van der Waals surface area contributed by atoms with E-state index < -0.39 is 0 Å². The standard InChI is InChI=1S/C23H39N5O/c1-6-24-22(26-17-23(4,5)28-14-8-7-9-15-28)25-16-19-10-12-20(13-11-19)27-21(29)18(2)3/h10-13,18H,6-9,14-17H2,1-5H3,(H,27,29)(H2,24,25,26). The molecule has 1 aromatic carbocycles. The molecule has 1 aliphatic rings. The van der Waals surface area contributed by atoms with Crippen LogP contribution in [-0.2, 0) is 11.3 Å². The lowest BCUT2D eigenvalue weighted by Gasteiger charge is -2.41. The number of anilines is 1. The van der Waals surface area contributed by atoms with Crippen LogP contribution in [0.2, 0.25) is 0 Å². The zero-order chi connectivity index (χ0) is 21.3. The quantitative estimate of drug-likeness (QED) is 0.460. The summed E-state index contributed by atoms with van der Waals surface area (Å²) in [5, 5.41) is 9.78. The van der Waals surface area contributed by atoms with Crippen LogP contribution in [0, 0.1) is 5.92 Å². The van der Waals surface area contributed by atoms with Crippen LogP contribution in [0.3, 0.4) is 0 Å². The van der Waals surface area contributed by atoms with Gasteiger partial charge in [-0.25, -0.2) is 4.99 Å². The Morgan fingerprint density at radius 2 is 1.76 bits per heavy atom. The molecular weight excluding hydrogens is 362 g/mol. The summed E-state index contributed by atoms with van der Waals surface area (Å²) in [4.78, 5) is 19.1. The number of nitrogens with one attached hydrogen (secondary N) is 3. The number of hydrogen-bond acceptors (Lipinski definition) is 3. The lowest BCUT2D eigenvalue weighted by Crippen LogP contribution is -2.54. The molecule has 0 saturated carbocycles. The SMILES string of the molecule is CCNC(=NCc1ccc(NC(=O)C(C)C)cc1)NCC(C)(C)N1CCCCC1. The van der Waals surface area contributed by atoms with Crippen molar-refractivity contribution in [3.63, 3.8) is 0 Å². The molecule has 0 unspecified atom stereocenters. The fourth-order valence-electron chi connectivity index (χ4n) is 3.40. The van der Waals surface area contributed by atoms with Crippen molar-refractivity contribution < 1.29 is 4.79 Å². The molecule has 1 fully saturated rings.